The molecule has 0 aromatic heterocycles. The SMILES string of the molecule is CC1(C)C=CC=CC=C1C1=CCCC=C1. The number of allylic oxidation sites excluding steroid dienone is 10. The summed E-state index contributed by atoms with van der Waals surface area (Å²) in [6, 6.07) is 0. The molecule has 0 aliphatic heterocycles. The van der Waals surface area contributed by atoms with Crippen molar-refractivity contribution in [3.63, 3.8) is 0 Å². The maximum Gasteiger partial charge on any atom is 0.00842 e. The van der Waals surface area contributed by atoms with Crippen LogP contribution in [-0.4, -0.2) is 0 Å². The van der Waals surface area contributed by atoms with E-state index >= 15 is 0 Å². The van der Waals surface area contributed by atoms with E-state index in [1.165, 1.54) is 24.0 Å². The van der Waals surface area contributed by atoms with Crippen molar-refractivity contribution >= 4 is 0 Å². The second kappa shape index (κ2) is 4.06. The summed E-state index contributed by atoms with van der Waals surface area (Å²) in [6.45, 7) is 4.54. The molecule has 0 heterocycles. The maximum atomic E-state index is 2.35. The Morgan fingerprint density at radius 1 is 1.07 bits per heavy atom. The van der Waals surface area contributed by atoms with Crippen LogP contribution in [0.15, 0.2) is 59.8 Å². The fourth-order valence-electron chi connectivity index (χ4n) is 2.10. The van der Waals surface area contributed by atoms with Gasteiger partial charge in [0.2, 0.25) is 0 Å². The van der Waals surface area contributed by atoms with Crippen molar-refractivity contribution in [2.75, 3.05) is 0 Å². The molecular formula is C15H18. The van der Waals surface area contributed by atoms with Gasteiger partial charge in [0.15, 0.2) is 0 Å². The minimum atomic E-state index is 0.136. The Bertz CT molecular complexity index is 384. The highest BCUT2D eigenvalue weighted by atomic mass is 14.3. The predicted molar refractivity (Wildman–Crippen MR) is 66.6 cm³/mol. The predicted octanol–water partition coefficient (Wildman–Crippen LogP) is 4.34. The van der Waals surface area contributed by atoms with E-state index in [1.807, 2.05) is 0 Å². The molecule has 2 rings (SSSR count). The first-order valence-corrected chi connectivity index (χ1v) is 5.64. The highest BCUT2D eigenvalue weighted by Crippen LogP contribution is 2.36. The molecule has 0 heteroatoms. The Labute approximate surface area is 92.4 Å². The van der Waals surface area contributed by atoms with Crippen LogP contribution >= 0.6 is 0 Å². The monoisotopic (exact) mass is 198 g/mol. The van der Waals surface area contributed by atoms with Gasteiger partial charge < -0.3 is 0 Å². The summed E-state index contributed by atoms with van der Waals surface area (Å²) in [5.74, 6) is 0. The van der Waals surface area contributed by atoms with E-state index in [0.717, 1.165) is 0 Å². The van der Waals surface area contributed by atoms with Gasteiger partial charge in [-0.3, -0.25) is 0 Å². The highest BCUT2D eigenvalue weighted by molar-refractivity contribution is 5.49. The van der Waals surface area contributed by atoms with Crippen molar-refractivity contribution in [2.45, 2.75) is 26.7 Å². The third-order valence-electron chi connectivity index (χ3n) is 3.00. The molecule has 0 aromatic carbocycles. The third kappa shape index (κ3) is 2.20. The molecule has 0 spiro atoms. The summed E-state index contributed by atoms with van der Waals surface area (Å²) in [5.41, 5.74) is 2.95. The van der Waals surface area contributed by atoms with Gasteiger partial charge in [0, 0.05) is 5.41 Å². The summed E-state index contributed by atoms with van der Waals surface area (Å²) in [4.78, 5) is 0. The second-order valence-electron chi connectivity index (χ2n) is 4.69. The van der Waals surface area contributed by atoms with Crippen molar-refractivity contribution in [1.82, 2.24) is 0 Å². The average Bonchev–Trinajstić information content (AvgIpc) is 2.40. The zero-order chi connectivity index (χ0) is 10.7. The zero-order valence-electron chi connectivity index (χ0n) is 9.53. The molecule has 0 atom stereocenters. The third-order valence-corrected chi connectivity index (χ3v) is 3.00. The molecule has 0 bridgehead atoms. The van der Waals surface area contributed by atoms with Gasteiger partial charge in [0.05, 0.1) is 0 Å². The normalized spacial score (nSPS) is 23.3. The summed E-state index contributed by atoms with van der Waals surface area (Å²) < 4.78 is 0. The van der Waals surface area contributed by atoms with Crippen LogP contribution < -0.4 is 0 Å². The van der Waals surface area contributed by atoms with E-state index in [9.17, 15) is 0 Å². The maximum absolute atomic E-state index is 2.35. The molecule has 0 unspecified atom stereocenters. The molecule has 0 amide bonds. The number of hydrogen-bond donors (Lipinski definition) is 0. The first-order chi connectivity index (χ1) is 7.20. The molecule has 0 radical (unpaired) electrons. The average molecular weight is 198 g/mol. The van der Waals surface area contributed by atoms with Crippen molar-refractivity contribution in [3.8, 4) is 0 Å². The second-order valence-corrected chi connectivity index (χ2v) is 4.69. The standard InChI is InChI=1S/C15H18/c1-15(2)12-8-4-7-11-14(15)13-9-5-3-6-10-13/h4-5,7-12H,3,6H2,1-2H3. The Morgan fingerprint density at radius 2 is 1.93 bits per heavy atom. The van der Waals surface area contributed by atoms with Crippen LogP contribution in [0, 0.1) is 5.41 Å². The van der Waals surface area contributed by atoms with Crippen molar-refractivity contribution in [3.05, 3.63) is 59.8 Å². The van der Waals surface area contributed by atoms with Gasteiger partial charge >= 0.3 is 0 Å². The Morgan fingerprint density at radius 3 is 2.67 bits per heavy atom. The molecular weight excluding hydrogens is 180 g/mol. The van der Waals surface area contributed by atoms with Crippen molar-refractivity contribution in [1.29, 1.82) is 0 Å². The minimum Gasteiger partial charge on any atom is -0.0836 e. The minimum absolute atomic E-state index is 0.136. The highest BCUT2D eigenvalue weighted by Gasteiger charge is 2.22. The van der Waals surface area contributed by atoms with Crippen LogP contribution in [0.4, 0.5) is 0 Å². The van der Waals surface area contributed by atoms with Crippen molar-refractivity contribution in [2.24, 2.45) is 5.41 Å². The van der Waals surface area contributed by atoms with Crippen LogP contribution in [0.3, 0.4) is 0 Å². The van der Waals surface area contributed by atoms with E-state index < -0.39 is 0 Å². The van der Waals surface area contributed by atoms with Gasteiger partial charge in [-0.2, -0.15) is 0 Å². The first-order valence-electron chi connectivity index (χ1n) is 5.64. The van der Waals surface area contributed by atoms with Crippen LogP contribution in [0.2, 0.25) is 0 Å². The number of hydrogen-bond acceptors (Lipinski definition) is 0. The molecule has 0 N–H and O–H groups in total. The van der Waals surface area contributed by atoms with E-state index in [1.54, 1.807) is 0 Å². The van der Waals surface area contributed by atoms with E-state index in [4.69, 9.17) is 0 Å². The lowest BCUT2D eigenvalue weighted by molar-refractivity contribution is 0.589. The van der Waals surface area contributed by atoms with Crippen LogP contribution in [0.25, 0.3) is 0 Å². The lowest BCUT2D eigenvalue weighted by Gasteiger charge is -2.26. The molecule has 2 aliphatic rings. The summed E-state index contributed by atoms with van der Waals surface area (Å²) >= 11 is 0. The fourth-order valence-corrected chi connectivity index (χ4v) is 2.10. The van der Waals surface area contributed by atoms with Gasteiger partial charge in [-0.05, 0) is 24.0 Å². The van der Waals surface area contributed by atoms with Crippen LogP contribution in [0.5, 0.6) is 0 Å². The van der Waals surface area contributed by atoms with E-state index in [0.29, 0.717) is 0 Å². The molecule has 2 aliphatic carbocycles. The quantitative estimate of drug-likeness (QED) is 0.588. The largest absolute Gasteiger partial charge is 0.0836 e. The Balaban J connectivity index is 2.38. The molecule has 0 fully saturated rings. The topological polar surface area (TPSA) is 0 Å². The van der Waals surface area contributed by atoms with E-state index in [-0.39, 0.29) is 5.41 Å². The molecule has 15 heavy (non-hydrogen) atoms. The Hall–Kier alpha value is -1.30. The molecule has 0 aromatic rings. The smallest absolute Gasteiger partial charge is 0.00842 e. The molecule has 0 saturated heterocycles. The lowest BCUT2D eigenvalue weighted by atomic mass is 9.78. The molecule has 0 saturated carbocycles. The van der Waals surface area contributed by atoms with Gasteiger partial charge in [0.25, 0.3) is 0 Å². The number of rotatable bonds is 1. The first kappa shape index (κ1) is 10.2. The zero-order valence-corrected chi connectivity index (χ0v) is 9.53. The van der Waals surface area contributed by atoms with Crippen LogP contribution in [0.1, 0.15) is 26.7 Å². The molecule has 0 nitrogen and oxygen atoms in total. The van der Waals surface area contributed by atoms with Crippen LogP contribution in [-0.2, 0) is 0 Å². The Kier molecular flexibility index (Phi) is 2.77. The van der Waals surface area contributed by atoms with E-state index in [2.05, 4.69) is 62.5 Å². The fraction of sp³-hybridized carbons (Fsp3) is 0.333. The van der Waals surface area contributed by atoms with Gasteiger partial charge in [-0.1, -0.05) is 62.5 Å². The summed E-state index contributed by atoms with van der Waals surface area (Å²) in [5, 5.41) is 0. The van der Waals surface area contributed by atoms with Crippen molar-refractivity contribution < 1.29 is 0 Å². The van der Waals surface area contributed by atoms with Gasteiger partial charge in [-0.25, -0.2) is 0 Å². The van der Waals surface area contributed by atoms with Gasteiger partial charge in [0.1, 0.15) is 0 Å². The summed E-state index contributed by atoms with van der Waals surface area (Å²) in [7, 11) is 0. The van der Waals surface area contributed by atoms with Gasteiger partial charge in [-0.15, -0.1) is 0 Å². The summed E-state index contributed by atoms with van der Waals surface area (Å²) in [6.07, 6.45) is 20.1. The molecule has 78 valence electrons. The lowest BCUT2D eigenvalue weighted by Crippen LogP contribution is -2.13.